The molecule has 1 N–H and O–H groups in total. The maximum atomic E-state index is 6.11. The smallest absolute Gasteiger partial charge is 0.0787 e. The summed E-state index contributed by atoms with van der Waals surface area (Å²) in [5.41, 5.74) is 0.151. The van der Waals surface area contributed by atoms with E-state index in [1.165, 1.54) is 12.8 Å². The molecule has 1 aliphatic heterocycles. The highest BCUT2D eigenvalue weighted by atomic mass is 16.5. The minimum absolute atomic E-state index is 0.00343. The highest BCUT2D eigenvalue weighted by molar-refractivity contribution is 5.01. The van der Waals surface area contributed by atoms with E-state index in [1.54, 1.807) is 0 Å². The molecule has 1 heterocycles. The van der Waals surface area contributed by atoms with Gasteiger partial charge >= 0.3 is 0 Å². The predicted molar refractivity (Wildman–Crippen MR) is 69.8 cm³/mol. The summed E-state index contributed by atoms with van der Waals surface area (Å²) >= 11 is 0. The van der Waals surface area contributed by atoms with Gasteiger partial charge < -0.3 is 10.1 Å². The first-order valence-electron chi connectivity index (χ1n) is 6.56. The van der Waals surface area contributed by atoms with Crippen LogP contribution in [0.2, 0.25) is 0 Å². The molecule has 0 aromatic heterocycles. The molecule has 1 aliphatic rings. The molecule has 96 valence electrons. The molecule has 1 rings (SSSR count). The van der Waals surface area contributed by atoms with E-state index in [-0.39, 0.29) is 16.7 Å². The highest BCUT2D eigenvalue weighted by Gasteiger charge is 2.46. The van der Waals surface area contributed by atoms with Crippen LogP contribution in [0, 0.1) is 0 Å². The summed E-state index contributed by atoms with van der Waals surface area (Å²) in [5, 5.41) is 3.78. The lowest BCUT2D eigenvalue weighted by Gasteiger charge is -2.35. The van der Waals surface area contributed by atoms with Crippen molar-refractivity contribution in [2.24, 2.45) is 0 Å². The van der Waals surface area contributed by atoms with E-state index in [4.69, 9.17) is 4.74 Å². The summed E-state index contributed by atoms with van der Waals surface area (Å²) in [7, 11) is 0. The molecule has 1 saturated heterocycles. The lowest BCUT2D eigenvalue weighted by atomic mass is 9.90. The van der Waals surface area contributed by atoms with Gasteiger partial charge in [0, 0.05) is 11.6 Å². The van der Waals surface area contributed by atoms with E-state index in [2.05, 4.69) is 53.8 Å². The van der Waals surface area contributed by atoms with Crippen LogP contribution in [0.1, 0.15) is 67.7 Å². The van der Waals surface area contributed by atoms with E-state index in [0.717, 1.165) is 6.42 Å². The minimum atomic E-state index is -0.0610. The Morgan fingerprint density at radius 3 is 2.19 bits per heavy atom. The fourth-order valence-electron chi connectivity index (χ4n) is 2.96. The van der Waals surface area contributed by atoms with Crippen molar-refractivity contribution in [3.63, 3.8) is 0 Å². The van der Waals surface area contributed by atoms with E-state index in [9.17, 15) is 0 Å². The van der Waals surface area contributed by atoms with Gasteiger partial charge in [-0.05, 0) is 54.4 Å². The molecule has 1 unspecified atom stereocenters. The van der Waals surface area contributed by atoms with E-state index < -0.39 is 0 Å². The third kappa shape index (κ3) is 3.46. The van der Waals surface area contributed by atoms with Crippen molar-refractivity contribution in [3.8, 4) is 0 Å². The predicted octanol–water partition coefficient (Wildman–Crippen LogP) is 3.50. The number of rotatable bonds is 4. The molecule has 2 heteroatoms. The topological polar surface area (TPSA) is 21.3 Å². The van der Waals surface area contributed by atoms with Gasteiger partial charge in [0.25, 0.3) is 0 Å². The van der Waals surface area contributed by atoms with Gasteiger partial charge in [-0.1, -0.05) is 13.3 Å². The van der Waals surface area contributed by atoms with Crippen molar-refractivity contribution in [2.75, 3.05) is 0 Å². The molecule has 0 amide bonds. The number of ether oxygens (including phenoxy) is 1. The van der Waals surface area contributed by atoms with Crippen molar-refractivity contribution < 1.29 is 4.74 Å². The second-order valence-electron chi connectivity index (χ2n) is 7.00. The first kappa shape index (κ1) is 14.0. The maximum Gasteiger partial charge on any atom is 0.0787 e. The standard InChI is InChI=1S/C14H29NO/c1-8-9-12(2,3)15-11-10-13(4,5)16-14(11,6)7/h11,15H,8-10H2,1-7H3. The largest absolute Gasteiger partial charge is 0.368 e. The van der Waals surface area contributed by atoms with Crippen molar-refractivity contribution in [3.05, 3.63) is 0 Å². The van der Waals surface area contributed by atoms with Gasteiger partial charge in [-0.3, -0.25) is 0 Å². The van der Waals surface area contributed by atoms with Gasteiger partial charge in [0.2, 0.25) is 0 Å². The zero-order chi connectivity index (χ0) is 12.6. The van der Waals surface area contributed by atoms with Crippen LogP contribution in [0.3, 0.4) is 0 Å². The summed E-state index contributed by atoms with van der Waals surface area (Å²) in [5.74, 6) is 0. The summed E-state index contributed by atoms with van der Waals surface area (Å²) in [4.78, 5) is 0. The number of hydrogen-bond acceptors (Lipinski definition) is 2. The molecule has 0 aliphatic carbocycles. The molecular weight excluding hydrogens is 198 g/mol. The van der Waals surface area contributed by atoms with Gasteiger partial charge in [0.1, 0.15) is 0 Å². The van der Waals surface area contributed by atoms with Gasteiger partial charge in [-0.2, -0.15) is 0 Å². The summed E-state index contributed by atoms with van der Waals surface area (Å²) in [6.45, 7) is 15.6. The minimum Gasteiger partial charge on any atom is -0.368 e. The maximum absolute atomic E-state index is 6.11. The Morgan fingerprint density at radius 1 is 1.25 bits per heavy atom. The zero-order valence-electron chi connectivity index (χ0n) is 12.1. The highest BCUT2D eigenvalue weighted by Crippen LogP contribution is 2.38. The van der Waals surface area contributed by atoms with Crippen LogP contribution in [0.5, 0.6) is 0 Å². The van der Waals surface area contributed by atoms with Crippen LogP contribution < -0.4 is 5.32 Å². The second-order valence-corrected chi connectivity index (χ2v) is 7.00. The van der Waals surface area contributed by atoms with Crippen LogP contribution in [0.15, 0.2) is 0 Å². The normalized spacial score (nSPS) is 28.3. The van der Waals surface area contributed by atoms with Gasteiger partial charge in [0.05, 0.1) is 11.2 Å². The average Bonchev–Trinajstić information content (AvgIpc) is 2.17. The van der Waals surface area contributed by atoms with Crippen LogP contribution in [-0.2, 0) is 4.74 Å². The van der Waals surface area contributed by atoms with E-state index in [0.29, 0.717) is 6.04 Å². The van der Waals surface area contributed by atoms with Crippen LogP contribution in [0.4, 0.5) is 0 Å². The summed E-state index contributed by atoms with van der Waals surface area (Å²) < 4.78 is 6.11. The molecule has 2 nitrogen and oxygen atoms in total. The lowest BCUT2D eigenvalue weighted by Crippen LogP contribution is -2.52. The van der Waals surface area contributed by atoms with Gasteiger partial charge in [-0.15, -0.1) is 0 Å². The monoisotopic (exact) mass is 227 g/mol. The summed E-state index contributed by atoms with van der Waals surface area (Å²) in [6, 6.07) is 0.448. The Labute approximate surface area is 101 Å². The van der Waals surface area contributed by atoms with Crippen LogP contribution in [0.25, 0.3) is 0 Å². The molecular formula is C14H29NO. The summed E-state index contributed by atoms with van der Waals surface area (Å²) in [6.07, 6.45) is 3.52. The fourth-order valence-corrected chi connectivity index (χ4v) is 2.96. The Morgan fingerprint density at radius 2 is 1.81 bits per heavy atom. The van der Waals surface area contributed by atoms with E-state index in [1.807, 2.05) is 0 Å². The van der Waals surface area contributed by atoms with Gasteiger partial charge in [0.15, 0.2) is 0 Å². The van der Waals surface area contributed by atoms with Crippen LogP contribution >= 0.6 is 0 Å². The average molecular weight is 227 g/mol. The Hall–Kier alpha value is -0.0800. The third-order valence-electron chi connectivity index (χ3n) is 3.51. The quantitative estimate of drug-likeness (QED) is 0.793. The first-order chi connectivity index (χ1) is 7.08. The Kier molecular flexibility index (Phi) is 3.76. The number of hydrogen-bond donors (Lipinski definition) is 1. The first-order valence-corrected chi connectivity index (χ1v) is 6.56. The molecule has 0 aromatic rings. The molecule has 0 spiro atoms. The molecule has 1 atom stereocenters. The third-order valence-corrected chi connectivity index (χ3v) is 3.51. The van der Waals surface area contributed by atoms with E-state index >= 15 is 0 Å². The van der Waals surface area contributed by atoms with Crippen molar-refractivity contribution in [2.45, 2.75) is 90.5 Å². The molecule has 0 saturated carbocycles. The SMILES string of the molecule is CCCC(C)(C)NC1CC(C)(C)OC1(C)C. The Balaban J connectivity index is 2.68. The Bertz CT molecular complexity index is 243. The molecule has 0 aromatic carbocycles. The molecule has 0 bridgehead atoms. The number of nitrogens with one attached hydrogen (secondary N) is 1. The molecule has 0 radical (unpaired) electrons. The van der Waals surface area contributed by atoms with Gasteiger partial charge in [-0.25, -0.2) is 0 Å². The fraction of sp³-hybridized carbons (Fsp3) is 1.00. The second kappa shape index (κ2) is 4.30. The zero-order valence-corrected chi connectivity index (χ0v) is 12.1. The molecule has 16 heavy (non-hydrogen) atoms. The van der Waals surface area contributed by atoms with Crippen molar-refractivity contribution in [1.82, 2.24) is 5.32 Å². The lowest BCUT2D eigenvalue weighted by molar-refractivity contribution is -0.0714. The molecule has 1 fully saturated rings. The van der Waals surface area contributed by atoms with Crippen LogP contribution in [-0.4, -0.2) is 22.8 Å². The van der Waals surface area contributed by atoms with Crippen molar-refractivity contribution in [1.29, 1.82) is 0 Å². The van der Waals surface area contributed by atoms with Crippen molar-refractivity contribution >= 4 is 0 Å².